The van der Waals surface area contributed by atoms with E-state index in [0.29, 0.717) is 24.7 Å². The van der Waals surface area contributed by atoms with Crippen molar-refractivity contribution in [2.75, 3.05) is 6.61 Å². The highest BCUT2D eigenvalue weighted by Gasteiger charge is 2.30. The van der Waals surface area contributed by atoms with Gasteiger partial charge in [-0.3, -0.25) is 4.79 Å². The van der Waals surface area contributed by atoms with Gasteiger partial charge in [-0.2, -0.15) is 4.98 Å². The number of benzene rings is 1. The average molecular weight is 309 g/mol. The Morgan fingerprint density at radius 3 is 2.87 bits per heavy atom. The minimum atomic E-state index is -0.427. The fraction of sp³-hybridized carbons (Fsp3) is 0.357. The number of aryl methyl sites for hydroxylation is 1. The summed E-state index contributed by atoms with van der Waals surface area (Å²) in [5.41, 5.74) is 1.82. The maximum absolute atomic E-state index is 12.2. The molecule has 23 heavy (non-hydrogen) atoms. The Balaban J connectivity index is 1.81. The standard InChI is InChI=1S/C14H18B3N3O3/c1-2-11-19-12(20-23-11)7-3-4-8-9(6-22-10(8)5-7)18-13(21)14(15,16)17/h3-5,9H,2,6,15-17H2,1H3,(H,18,21)/t9-/m1/s1. The van der Waals surface area contributed by atoms with Crippen molar-refractivity contribution in [1.82, 2.24) is 15.5 Å². The van der Waals surface area contributed by atoms with E-state index in [1.807, 2.05) is 48.7 Å². The molecule has 2 heterocycles. The lowest BCUT2D eigenvalue weighted by Gasteiger charge is -2.21. The number of hydrogen-bond donors (Lipinski definition) is 1. The summed E-state index contributed by atoms with van der Waals surface area (Å²) in [6.45, 7) is 2.40. The van der Waals surface area contributed by atoms with Gasteiger partial charge in [0.05, 0.1) is 6.04 Å². The van der Waals surface area contributed by atoms with Gasteiger partial charge >= 0.3 is 0 Å². The molecule has 0 aliphatic carbocycles. The maximum Gasteiger partial charge on any atom is 0.226 e. The van der Waals surface area contributed by atoms with Crippen LogP contribution in [0.1, 0.15) is 24.4 Å². The van der Waals surface area contributed by atoms with Crippen LogP contribution in [-0.2, 0) is 11.2 Å². The number of nitrogens with one attached hydrogen (secondary N) is 1. The van der Waals surface area contributed by atoms with Crippen molar-refractivity contribution >= 4 is 29.4 Å². The van der Waals surface area contributed by atoms with Crippen molar-refractivity contribution in [3.05, 3.63) is 29.7 Å². The van der Waals surface area contributed by atoms with Crippen molar-refractivity contribution < 1.29 is 14.1 Å². The van der Waals surface area contributed by atoms with Gasteiger partial charge in [-0.1, -0.05) is 24.2 Å². The van der Waals surface area contributed by atoms with Crippen molar-refractivity contribution in [2.45, 2.75) is 24.5 Å². The maximum atomic E-state index is 12.2. The molecule has 0 saturated heterocycles. The fourth-order valence-corrected chi connectivity index (χ4v) is 2.36. The first-order valence-electron chi connectivity index (χ1n) is 7.79. The predicted octanol–water partition coefficient (Wildman–Crippen LogP) is -1.18. The Bertz CT molecular complexity index is 742. The smallest absolute Gasteiger partial charge is 0.226 e. The molecule has 1 aliphatic rings. The number of fused-ring (bicyclic) bond motifs is 1. The van der Waals surface area contributed by atoms with E-state index in [2.05, 4.69) is 15.5 Å². The first kappa shape index (κ1) is 15.7. The minimum absolute atomic E-state index is 0.00813. The minimum Gasteiger partial charge on any atom is -0.491 e. The summed E-state index contributed by atoms with van der Waals surface area (Å²) in [4.78, 5) is 16.5. The number of hydrogen-bond acceptors (Lipinski definition) is 5. The van der Waals surface area contributed by atoms with Gasteiger partial charge in [-0.15, -0.1) is 0 Å². The molecule has 1 aliphatic heterocycles. The lowest BCUT2D eigenvalue weighted by Crippen LogP contribution is -2.39. The summed E-state index contributed by atoms with van der Waals surface area (Å²) in [5.74, 6) is 1.92. The molecular weight excluding hydrogens is 291 g/mol. The van der Waals surface area contributed by atoms with Crippen LogP contribution in [0, 0.1) is 0 Å². The van der Waals surface area contributed by atoms with Crippen molar-refractivity contribution in [2.24, 2.45) is 0 Å². The molecule has 1 amide bonds. The monoisotopic (exact) mass is 309 g/mol. The lowest BCUT2D eigenvalue weighted by molar-refractivity contribution is -0.121. The van der Waals surface area contributed by atoms with E-state index < -0.39 is 5.11 Å². The second kappa shape index (κ2) is 5.79. The van der Waals surface area contributed by atoms with E-state index in [9.17, 15) is 4.79 Å². The van der Waals surface area contributed by atoms with E-state index in [-0.39, 0.29) is 11.9 Å². The highest BCUT2D eigenvalue weighted by Crippen LogP contribution is 2.35. The molecule has 116 valence electrons. The molecule has 0 radical (unpaired) electrons. The molecule has 1 aromatic heterocycles. The average Bonchev–Trinajstić information content (AvgIpc) is 3.13. The van der Waals surface area contributed by atoms with Crippen molar-refractivity contribution in [3.8, 4) is 17.1 Å². The second-order valence-corrected chi connectivity index (χ2v) is 6.70. The Hall–Kier alpha value is -2.18. The van der Waals surface area contributed by atoms with Gasteiger partial charge in [0.2, 0.25) is 17.6 Å². The van der Waals surface area contributed by atoms with Gasteiger partial charge in [0, 0.05) is 17.5 Å². The van der Waals surface area contributed by atoms with Crippen LogP contribution in [-0.4, -0.2) is 46.2 Å². The molecule has 0 fully saturated rings. The van der Waals surface area contributed by atoms with Crippen LogP contribution in [0.2, 0.25) is 5.11 Å². The summed E-state index contributed by atoms with van der Waals surface area (Å²) in [7, 11) is 5.68. The first-order valence-corrected chi connectivity index (χ1v) is 7.79. The number of aromatic nitrogens is 2. The number of rotatable bonds is 4. The number of ether oxygens (including phenoxy) is 1. The predicted molar refractivity (Wildman–Crippen MR) is 93.8 cm³/mol. The van der Waals surface area contributed by atoms with Crippen LogP contribution < -0.4 is 10.1 Å². The zero-order valence-electron chi connectivity index (χ0n) is 13.8. The Morgan fingerprint density at radius 1 is 1.43 bits per heavy atom. The van der Waals surface area contributed by atoms with Crippen LogP contribution in [0.15, 0.2) is 22.7 Å². The molecule has 1 N–H and O–H groups in total. The molecular formula is C14H18B3N3O3. The summed E-state index contributed by atoms with van der Waals surface area (Å²) < 4.78 is 10.9. The van der Waals surface area contributed by atoms with Crippen LogP contribution in [0.5, 0.6) is 5.75 Å². The van der Waals surface area contributed by atoms with Crippen LogP contribution in [0.25, 0.3) is 11.4 Å². The molecule has 0 saturated carbocycles. The molecule has 0 unspecified atom stereocenters. The third-order valence-electron chi connectivity index (χ3n) is 3.81. The molecule has 0 spiro atoms. The highest BCUT2D eigenvalue weighted by molar-refractivity contribution is 6.68. The second-order valence-electron chi connectivity index (χ2n) is 6.70. The molecule has 3 rings (SSSR count). The van der Waals surface area contributed by atoms with Crippen LogP contribution >= 0.6 is 0 Å². The SMILES string of the molecule is BC(B)(B)C(=O)N[C@@H]1COc2cc(-c3noc(CC)n3)ccc21. The molecule has 6 nitrogen and oxygen atoms in total. The van der Waals surface area contributed by atoms with E-state index in [1.165, 1.54) is 0 Å². The van der Waals surface area contributed by atoms with Crippen molar-refractivity contribution in [1.29, 1.82) is 0 Å². The van der Waals surface area contributed by atoms with E-state index in [4.69, 9.17) is 9.26 Å². The van der Waals surface area contributed by atoms with Gasteiger partial charge in [0.25, 0.3) is 0 Å². The Labute approximate surface area is 137 Å². The van der Waals surface area contributed by atoms with E-state index in [0.717, 1.165) is 16.9 Å². The van der Waals surface area contributed by atoms with Gasteiger partial charge in [0.15, 0.2) is 0 Å². The number of nitrogens with zero attached hydrogens (tertiary/aromatic N) is 2. The summed E-state index contributed by atoms with van der Waals surface area (Å²) in [5, 5.41) is 6.58. The summed E-state index contributed by atoms with van der Waals surface area (Å²) in [6.07, 6.45) is 0.704. The molecule has 0 bridgehead atoms. The van der Waals surface area contributed by atoms with Gasteiger partial charge in [0.1, 0.15) is 35.9 Å². The van der Waals surface area contributed by atoms with Crippen LogP contribution in [0.3, 0.4) is 0 Å². The number of carbonyl (C=O) groups is 1. The first-order chi connectivity index (χ1) is 10.9. The van der Waals surface area contributed by atoms with E-state index in [1.54, 1.807) is 0 Å². The summed E-state index contributed by atoms with van der Waals surface area (Å²) in [6, 6.07) is 5.65. The lowest BCUT2D eigenvalue weighted by atomic mass is 9.42. The summed E-state index contributed by atoms with van der Waals surface area (Å²) >= 11 is 0. The Kier molecular flexibility index (Phi) is 3.96. The number of amides is 1. The molecule has 1 atom stereocenters. The molecule has 9 heteroatoms. The highest BCUT2D eigenvalue weighted by atomic mass is 16.5. The molecule has 2 aromatic rings. The third kappa shape index (κ3) is 3.13. The van der Waals surface area contributed by atoms with Gasteiger partial charge in [-0.05, 0) is 11.2 Å². The third-order valence-corrected chi connectivity index (χ3v) is 3.81. The zero-order chi connectivity index (χ0) is 16.6. The Morgan fingerprint density at radius 2 is 2.22 bits per heavy atom. The topological polar surface area (TPSA) is 77.2 Å². The fourth-order valence-electron chi connectivity index (χ4n) is 2.36. The van der Waals surface area contributed by atoms with E-state index >= 15 is 0 Å². The quantitative estimate of drug-likeness (QED) is 0.720. The van der Waals surface area contributed by atoms with Gasteiger partial charge < -0.3 is 14.6 Å². The number of carbonyl (C=O) groups excluding carboxylic acids is 1. The zero-order valence-corrected chi connectivity index (χ0v) is 13.8. The van der Waals surface area contributed by atoms with Crippen molar-refractivity contribution in [3.63, 3.8) is 0 Å². The van der Waals surface area contributed by atoms with Crippen LogP contribution in [0.4, 0.5) is 0 Å². The largest absolute Gasteiger partial charge is 0.491 e. The molecule has 1 aromatic carbocycles. The van der Waals surface area contributed by atoms with Gasteiger partial charge in [-0.25, -0.2) is 0 Å². The normalized spacial score (nSPS) is 16.7.